The molecule has 4 rings (SSSR count). The number of aryl methyl sites for hydroxylation is 1. The van der Waals surface area contributed by atoms with Gasteiger partial charge in [-0.25, -0.2) is 14.6 Å². The summed E-state index contributed by atoms with van der Waals surface area (Å²) in [5.74, 6) is 0.507. The molecule has 0 saturated heterocycles. The van der Waals surface area contributed by atoms with E-state index in [4.69, 9.17) is 0 Å². The van der Waals surface area contributed by atoms with Gasteiger partial charge in [-0.15, -0.1) is 5.11 Å². The van der Waals surface area contributed by atoms with Crippen LogP contribution in [0.5, 0.6) is 0 Å². The highest BCUT2D eigenvalue weighted by Gasteiger charge is 2.10. The lowest BCUT2D eigenvalue weighted by atomic mass is 10.2. The number of benzene rings is 1. The maximum absolute atomic E-state index is 4.44. The van der Waals surface area contributed by atoms with Gasteiger partial charge in [0.05, 0.1) is 23.8 Å². The third-order valence-electron chi connectivity index (χ3n) is 3.73. The number of hydrogen-bond donors (Lipinski definition) is 0. The third kappa shape index (κ3) is 3.12. The molecule has 0 fully saturated rings. The fourth-order valence-electron chi connectivity index (χ4n) is 2.54. The second-order valence-corrected chi connectivity index (χ2v) is 5.59. The van der Waals surface area contributed by atoms with Gasteiger partial charge >= 0.3 is 0 Å². The first-order valence-electron chi connectivity index (χ1n) is 7.83. The molecule has 0 saturated carbocycles. The van der Waals surface area contributed by atoms with Crippen LogP contribution in [0.3, 0.4) is 0 Å². The minimum Gasteiger partial charge on any atom is -0.264 e. The van der Waals surface area contributed by atoms with Gasteiger partial charge < -0.3 is 0 Å². The quantitative estimate of drug-likeness (QED) is 0.533. The molecule has 0 aliphatic carbocycles. The van der Waals surface area contributed by atoms with Crippen molar-refractivity contribution in [1.82, 2.24) is 24.7 Å². The normalized spacial score (nSPS) is 11.4. The van der Waals surface area contributed by atoms with Crippen molar-refractivity contribution in [3.05, 3.63) is 72.4 Å². The standard InChI is InChI=1S/C18H15N7/c1-13-4-2-6-15(8-13)25-18-16(11-23-25)17(20-12-21-18)24-22-10-14-5-3-7-19-9-14/h2-9,11-12H,10H2,1H3. The Bertz CT molecular complexity index is 1040. The smallest absolute Gasteiger partial charge is 0.188 e. The van der Waals surface area contributed by atoms with Crippen molar-refractivity contribution >= 4 is 16.9 Å². The molecule has 0 amide bonds. The Labute approximate surface area is 144 Å². The molecule has 7 heteroatoms. The second kappa shape index (κ2) is 6.56. The van der Waals surface area contributed by atoms with Gasteiger partial charge in [-0.05, 0) is 36.2 Å². The topological polar surface area (TPSA) is 81.2 Å². The number of fused-ring (bicyclic) bond motifs is 1. The Morgan fingerprint density at radius 1 is 1.08 bits per heavy atom. The van der Waals surface area contributed by atoms with E-state index < -0.39 is 0 Å². The zero-order chi connectivity index (χ0) is 17.1. The molecule has 1 aromatic carbocycles. The van der Waals surface area contributed by atoms with Crippen LogP contribution in [0, 0.1) is 6.92 Å². The largest absolute Gasteiger partial charge is 0.264 e. The van der Waals surface area contributed by atoms with Crippen LogP contribution in [0.1, 0.15) is 11.1 Å². The lowest BCUT2D eigenvalue weighted by Crippen LogP contribution is -1.97. The first-order valence-corrected chi connectivity index (χ1v) is 7.83. The van der Waals surface area contributed by atoms with E-state index in [1.54, 1.807) is 23.3 Å². The Morgan fingerprint density at radius 2 is 2.04 bits per heavy atom. The van der Waals surface area contributed by atoms with Crippen LogP contribution in [0.4, 0.5) is 5.82 Å². The molecule has 3 aromatic heterocycles. The minimum atomic E-state index is 0.450. The van der Waals surface area contributed by atoms with Crippen LogP contribution in [0.2, 0.25) is 0 Å². The van der Waals surface area contributed by atoms with Gasteiger partial charge in [0.25, 0.3) is 0 Å². The summed E-state index contributed by atoms with van der Waals surface area (Å²) in [6.07, 6.45) is 6.70. The van der Waals surface area contributed by atoms with Gasteiger partial charge in [0.2, 0.25) is 0 Å². The van der Waals surface area contributed by atoms with E-state index in [0.717, 1.165) is 22.2 Å². The molecular weight excluding hydrogens is 314 g/mol. The molecule has 0 N–H and O–H groups in total. The zero-order valence-corrected chi connectivity index (χ0v) is 13.6. The summed E-state index contributed by atoms with van der Waals surface area (Å²) in [5.41, 5.74) is 3.81. The number of azo groups is 1. The zero-order valence-electron chi connectivity index (χ0n) is 13.6. The molecule has 7 nitrogen and oxygen atoms in total. The summed E-state index contributed by atoms with van der Waals surface area (Å²) >= 11 is 0. The van der Waals surface area contributed by atoms with Crippen molar-refractivity contribution in [2.75, 3.05) is 0 Å². The predicted octanol–water partition coefficient (Wildman–Crippen LogP) is 3.80. The Morgan fingerprint density at radius 3 is 2.88 bits per heavy atom. The number of nitrogens with zero attached hydrogens (tertiary/aromatic N) is 7. The summed E-state index contributed by atoms with van der Waals surface area (Å²) < 4.78 is 1.78. The van der Waals surface area contributed by atoms with Crippen molar-refractivity contribution in [3.63, 3.8) is 0 Å². The highest BCUT2D eigenvalue weighted by Crippen LogP contribution is 2.24. The maximum atomic E-state index is 4.44. The number of pyridine rings is 1. The molecular formula is C18H15N7. The lowest BCUT2D eigenvalue weighted by Gasteiger charge is -2.03. The number of hydrogen-bond acceptors (Lipinski definition) is 6. The first kappa shape index (κ1) is 15.1. The Kier molecular flexibility index (Phi) is 3.96. The van der Waals surface area contributed by atoms with Crippen molar-refractivity contribution in [2.24, 2.45) is 10.2 Å². The van der Waals surface area contributed by atoms with Gasteiger partial charge in [-0.2, -0.15) is 10.2 Å². The highest BCUT2D eigenvalue weighted by atomic mass is 15.3. The fraction of sp³-hybridized carbons (Fsp3) is 0.111. The monoisotopic (exact) mass is 329 g/mol. The van der Waals surface area contributed by atoms with Crippen molar-refractivity contribution in [2.45, 2.75) is 13.5 Å². The molecule has 0 bridgehead atoms. The van der Waals surface area contributed by atoms with Crippen LogP contribution < -0.4 is 0 Å². The summed E-state index contributed by atoms with van der Waals surface area (Å²) in [6, 6.07) is 11.9. The molecule has 122 valence electrons. The van der Waals surface area contributed by atoms with Crippen molar-refractivity contribution in [1.29, 1.82) is 0 Å². The lowest BCUT2D eigenvalue weighted by molar-refractivity contribution is 0.892. The highest BCUT2D eigenvalue weighted by molar-refractivity contribution is 5.85. The van der Waals surface area contributed by atoms with E-state index in [1.165, 1.54) is 6.33 Å². The molecule has 0 radical (unpaired) electrons. The van der Waals surface area contributed by atoms with E-state index in [9.17, 15) is 0 Å². The molecule has 3 heterocycles. The average Bonchev–Trinajstić information content (AvgIpc) is 3.08. The van der Waals surface area contributed by atoms with Crippen LogP contribution in [0.15, 0.2) is 71.5 Å². The van der Waals surface area contributed by atoms with E-state index >= 15 is 0 Å². The number of aromatic nitrogens is 5. The third-order valence-corrected chi connectivity index (χ3v) is 3.73. The number of rotatable bonds is 4. The van der Waals surface area contributed by atoms with Gasteiger partial charge in [-0.3, -0.25) is 4.98 Å². The van der Waals surface area contributed by atoms with Gasteiger partial charge in [0.1, 0.15) is 6.33 Å². The Balaban J connectivity index is 1.67. The molecule has 25 heavy (non-hydrogen) atoms. The average molecular weight is 329 g/mol. The van der Waals surface area contributed by atoms with Crippen molar-refractivity contribution in [3.8, 4) is 5.69 Å². The first-order chi connectivity index (χ1) is 12.3. The van der Waals surface area contributed by atoms with Gasteiger partial charge in [0, 0.05) is 12.4 Å². The van der Waals surface area contributed by atoms with Gasteiger partial charge in [0.15, 0.2) is 11.5 Å². The molecule has 0 aliphatic rings. The fourth-order valence-corrected chi connectivity index (χ4v) is 2.54. The predicted molar refractivity (Wildman–Crippen MR) is 93.9 cm³/mol. The van der Waals surface area contributed by atoms with Crippen LogP contribution >= 0.6 is 0 Å². The van der Waals surface area contributed by atoms with E-state index in [2.05, 4.69) is 36.3 Å². The molecule has 0 spiro atoms. The van der Waals surface area contributed by atoms with E-state index in [0.29, 0.717) is 18.0 Å². The molecule has 0 aliphatic heterocycles. The summed E-state index contributed by atoms with van der Waals surface area (Å²) in [7, 11) is 0. The summed E-state index contributed by atoms with van der Waals surface area (Å²) in [6.45, 7) is 2.49. The summed E-state index contributed by atoms with van der Waals surface area (Å²) in [5, 5.41) is 13.7. The SMILES string of the molecule is Cc1cccc(-n2ncc3c(N=NCc4cccnc4)ncnc32)c1. The van der Waals surface area contributed by atoms with E-state index in [-0.39, 0.29) is 0 Å². The molecule has 0 unspecified atom stereocenters. The molecule has 4 aromatic rings. The van der Waals surface area contributed by atoms with Crippen LogP contribution in [0.25, 0.3) is 16.7 Å². The van der Waals surface area contributed by atoms with Gasteiger partial charge in [-0.1, -0.05) is 18.2 Å². The van der Waals surface area contributed by atoms with Crippen molar-refractivity contribution < 1.29 is 0 Å². The minimum absolute atomic E-state index is 0.450. The van der Waals surface area contributed by atoms with Crippen LogP contribution in [-0.2, 0) is 6.54 Å². The van der Waals surface area contributed by atoms with E-state index in [1.807, 2.05) is 37.3 Å². The van der Waals surface area contributed by atoms with Crippen LogP contribution in [-0.4, -0.2) is 24.7 Å². The summed E-state index contributed by atoms with van der Waals surface area (Å²) in [4.78, 5) is 12.6. The maximum Gasteiger partial charge on any atom is 0.188 e. The Hall–Kier alpha value is -3.48. The molecule has 0 atom stereocenters. The second-order valence-electron chi connectivity index (χ2n) is 5.59.